The van der Waals surface area contributed by atoms with Crippen LogP contribution >= 0.6 is 23.2 Å². The Morgan fingerprint density at radius 3 is 1.58 bits per heavy atom. The van der Waals surface area contributed by atoms with E-state index in [2.05, 4.69) is 9.47 Å². The van der Waals surface area contributed by atoms with Crippen molar-refractivity contribution in [1.29, 1.82) is 0 Å². The number of hydrogen-bond donors (Lipinski definition) is 0. The lowest BCUT2D eigenvalue weighted by Gasteiger charge is -1.93. The highest BCUT2D eigenvalue weighted by atomic mass is 35.5. The molecule has 0 radical (unpaired) electrons. The van der Waals surface area contributed by atoms with Crippen LogP contribution in [0.5, 0.6) is 0 Å². The maximum Gasteiger partial charge on any atom is 0.332 e. The first-order valence-electron chi connectivity index (χ1n) is 2.84. The Kier molecular flexibility index (Phi) is 6.51. The molecule has 0 atom stereocenters. The Morgan fingerprint density at radius 1 is 1.00 bits per heavy atom. The van der Waals surface area contributed by atoms with E-state index >= 15 is 0 Å². The number of rotatable bonds is 4. The highest BCUT2D eigenvalue weighted by molar-refractivity contribution is 6.18. The lowest BCUT2D eigenvalue weighted by molar-refractivity contribution is -0.138. The molecule has 0 aliphatic rings. The fourth-order valence-corrected chi connectivity index (χ4v) is 0.555. The number of carbonyl (C=O) groups excluding carboxylic acids is 2. The van der Waals surface area contributed by atoms with Crippen molar-refractivity contribution in [3.05, 3.63) is 12.2 Å². The summed E-state index contributed by atoms with van der Waals surface area (Å²) in [5, 5.41) is 0. The quantitative estimate of drug-likeness (QED) is 0.397. The van der Waals surface area contributed by atoms with E-state index in [1.54, 1.807) is 0 Å². The average molecular weight is 213 g/mol. The molecule has 0 rings (SSSR count). The Hall–Kier alpha value is -0.740. The van der Waals surface area contributed by atoms with Gasteiger partial charge in [-0.3, -0.25) is 0 Å². The van der Waals surface area contributed by atoms with Crippen LogP contribution in [0.1, 0.15) is 0 Å². The predicted molar refractivity (Wildman–Crippen MR) is 42.8 cm³/mol. The first-order valence-corrected chi connectivity index (χ1v) is 3.91. The van der Waals surface area contributed by atoms with Gasteiger partial charge in [-0.05, 0) is 0 Å². The van der Waals surface area contributed by atoms with Crippen LogP contribution < -0.4 is 0 Å². The molecule has 0 bridgehead atoms. The van der Waals surface area contributed by atoms with Crippen LogP contribution in [-0.2, 0) is 19.1 Å². The monoisotopic (exact) mass is 212 g/mol. The molecule has 12 heavy (non-hydrogen) atoms. The van der Waals surface area contributed by atoms with E-state index in [0.717, 1.165) is 12.2 Å². The maximum absolute atomic E-state index is 10.5. The van der Waals surface area contributed by atoms with Gasteiger partial charge < -0.3 is 9.47 Å². The van der Waals surface area contributed by atoms with Gasteiger partial charge in [0, 0.05) is 12.2 Å². The van der Waals surface area contributed by atoms with Gasteiger partial charge in [-0.1, -0.05) is 23.2 Å². The molecule has 68 valence electrons. The van der Waals surface area contributed by atoms with Crippen molar-refractivity contribution < 1.29 is 19.1 Å². The molecule has 0 saturated carbocycles. The summed E-state index contributed by atoms with van der Waals surface area (Å²) in [7, 11) is 0. The van der Waals surface area contributed by atoms with Crippen LogP contribution in [0, 0.1) is 0 Å². The normalized spacial score (nSPS) is 9.83. The molecule has 0 saturated heterocycles. The number of hydrogen-bond acceptors (Lipinski definition) is 4. The van der Waals surface area contributed by atoms with Gasteiger partial charge in [-0.15, -0.1) is 0 Å². The van der Waals surface area contributed by atoms with E-state index in [-0.39, 0.29) is 12.1 Å². The number of esters is 2. The summed E-state index contributed by atoms with van der Waals surface area (Å²) in [4.78, 5) is 21.0. The minimum Gasteiger partial charge on any atom is -0.446 e. The second-order valence-electron chi connectivity index (χ2n) is 1.48. The summed E-state index contributed by atoms with van der Waals surface area (Å²) in [6.45, 7) is 0. The second-order valence-corrected chi connectivity index (χ2v) is 1.91. The first-order chi connectivity index (χ1) is 5.70. The Morgan fingerprint density at radius 2 is 1.33 bits per heavy atom. The zero-order valence-corrected chi connectivity index (χ0v) is 7.47. The molecule has 0 heterocycles. The lowest BCUT2D eigenvalue weighted by Crippen LogP contribution is -2.02. The maximum atomic E-state index is 10.5. The molecule has 0 aromatic carbocycles. The van der Waals surface area contributed by atoms with Crippen molar-refractivity contribution in [2.75, 3.05) is 12.1 Å². The Balaban J connectivity index is 3.73. The van der Waals surface area contributed by atoms with E-state index < -0.39 is 11.9 Å². The van der Waals surface area contributed by atoms with Crippen LogP contribution in [0.15, 0.2) is 12.2 Å². The standard InChI is InChI=1S/C6H6Cl2O4/c7-3-11-5(9)1-2-6(10)12-4-8/h1-2H,3-4H2/b2-1+. The van der Waals surface area contributed by atoms with Crippen molar-refractivity contribution in [3.8, 4) is 0 Å². The van der Waals surface area contributed by atoms with Crippen molar-refractivity contribution in [2.24, 2.45) is 0 Å². The van der Waals surface area contributed by atoms with Crippen LogP contribution in [0.4, 0.5) is 0 Å². The van der Waals surface area contributed by atoms with Crippen LogP contribution in [-0.4, -0.2) is 24.1 Å². The minimum atomic E-state index is -0.712. The van der Waals surface area contributed by atoms with Gasteiger partial charge in [0.2, 0.25) is 0 Å². The number of halogens is 2. The molecule has 0 unspecified atom stereocenters. The molecule has 0 amide bonds. The summed E-state index contributed by atoms with van der Waals surface area (Å²) in [6.07, 6.45) is 1.80. The molecular formula is C6H6Cl2O4. The van der Waals surface area contributed by atoms with E-state index in [1.807, 2.05) is 0 Å². The largest absolute Gasteiger partial charge is 0.446 e. The Labute approximate surface area is 79.0 Å². The Bertz CT molecular complexity index is 170. The molecule has 4 nitrogen and oxygen atoms in total. The smallest absolute Gasteiger partial charge is 0.332 e. The molecule has 0 N–H and O–H groups in total. The van der Waals surface area contributed by atoms with Crippen LogP contribution in [0.2, 0.25) is 0 Å². The second kappa shape index (κ2) is 6.94. The topological polar surface area (TPSA) is 52.6 Å². The van der Waals surface area contributed by atoms with Gasteiger partial charge in [0.05, 0.1) is 0 Å². The highest BCUT2D eigenvalue weighted by Gasteiger charge is 1.98. The molecular weight excluding hydrogens is 207 g/mol. The summed E-state index contributed by atoms with van der Waals surface area (Å²) in [5.74, 6) is -1.42. The van der Waals surface area contributed by atoms with Crippen LogP contribution in [0.25, 0.3) is 0 Å². The molecule has 0 aliphatic heterocycles. The van der Waals surface area contributed by atoms with E-state index in [1.165, 1.54) is 0 Å². The van der Waals surface area contributed by atoms with Gasteiger partial charge in [0.15, 0.2) is 12.1 Å². The van der Waals surface area contributed by atoms with Crippen molar-refractivity contribution >= 4 is 35.1 Å². The summed E-state index contributed by atoms with van der Waals surface area (Å²) < 4.78 is 8.54. The molecule has 0 aromatic heterocycles. The fraction of sp³-hybridized carbons (Fsp3) is 0.333. The third kappa shape index (κ3) is 6.00. The molecule has 0 fully saturated rings. The third-order valence-electron chi connectivity index (χ3n) is 0.749. The molecule has 0 aromatic rings. The zero-order chi connectivity index (χ0) is 9.40. The molecule has 6 heteroatoms. The lowest BCUT2D eigenvalue weighted by atomic mass is 10.5. The number of alkyl halides is 2. The number of ether oxygens (including phenoxy) is 2. The van der Waals surface area contributed by atoms with Crippen molar-refractivity contribution in [3.63, 3.8) is 0 Å². The summed E-state index contributed by atoms with van der Waals surface area (Å²) in [5.41, 5.74) is 0. The number of carbonyl (C=O) groups is 2. The van der Waals surface area contributed by atoms with Crippen molar-refractivity contribution in [2.45, 2.75) is 0 Å². The summed E-state index contributed by atoms with van der Waals surface area (Å²) in [6, 6.07) is -0.512. The van der Waals surface area contributed by atoms with Crippen molar-refractivity contribution in [1.82, 2.24) is 0 Å². The van der Waals surface area contributed by atoms with Gasteiger partial charge in [-0.2, -0.15) is 0 Å². The van der Waals surface area contributed by atoms with E-state index in [0.29, 0.717) is 0 Å². The zero-order valence-electron chi connectivity index (χ0n) is 5.96. The van der Waals surface area contributed by atoms with Gasteiger partial charge >= 0.3 is 11.9 Å². The average Bonchev–Trinajstić information content (AvgIpc) is 2.02. The van der Waals surface area contributed by atoms with Crippen LogP contribution in [0.3, 0.4) is 0 Å². The predicted octanol–water partition coefficient (Wildman–Crippen LogP) is 1.02. The first kappa shape index (κ1) is 11.3. The van der Waals surface area contributed by atoms with Gasteiger partial charge in [0.25, 0.3) is 0 Å². The van der Waals surface area contributed by atoms with Gasteiger partial charge in [-0.25, -0.2) is 9.59 Å². The molecule has 0 aliphatic carbocycles. The van der Waals surface area contributed by atoms with Gasteiger partial charge in [0.1, 0.15) is 0 Å². The SMILES string of the molecule is O=C(/C=C/C(=O)OCCl)OCCl. The minimum absolute atomic E-state index is 0.256. The highest BCUT2D eigenvalue weighted by Crippen LogP contribution is 1.87. The molecule has 0 spiro atoms. The summed E-state index contributed by atoms with van der Waals surface area (Å²) >= 11 is 10.1. The van der Waals surface area contributed by atoms with E-state index in [4.69, 9.17) is 23.2 Å². The van der Waals surface area contributed by atoms with E-state index in [9.17, 15) is 9.59 Å². The third-order valence-corrected chi connectivity index (χ3v) is 0.967. The fourth-order valence-electron chi connectivity index (χ4n) is 0.340.